The van der Waals surface area contributed by atoms with Crippen LogP contribution in [0.2, 0.25) is 0 Å². The predicted molar refractivity (Wildman–Crippen MR) is 93.3 cm³/mol. The highest BCUT2D eigenvalue weighted by molar-refractivity contribution is 5.94. The van der Waals surface area contributed by atoms with E-state index in [1.807, 2.05) is 47.9 Å². The summed E-state index contributed by atoms with van der Waals surface area (Å²) in [6.07, 6.45) is 6.38. The lowest BCUT2D eigenvalue weighted by Crippen LogP contribution is -2.32. The summed E-state index contributed by atoms with van der Waals surface area (Å²) >= 11 is 0. The molecule has 0 atom stereocenters. The summed E-state index contributed by atoms with van der Waals surface area (Å²) in [4.78, 5) is 21.3. The number of nitrogens with zero attached hydrogens (tertiary/aromatic N) is 3. The van der Waals surface area contributed by atoms with Crippen LogP contribution in [0.5, 0.6) is 0 Å². The summed E-state index contributed by atoms with van der Waals surface area (Å²) in [5.74, 6) is 0.894. The fourth-order valence-corrected chi connectivity index (χ4v) is 3.44. The molecule has 1 N–H and O–H groups in total. The maximum atomic E-state index is 12.3. The molecular formula is C19H20N4O. The van der Waals surface area contributed by atoms with Crippen molar-refractivity contribution in [3.05, 3.63) is 54.0 Å². The van der Waals surface area contributed by atoms with E-state index in [2.05, 4.69) is 15.3 Å². The van der Waals surface area contributed by atoms with Gasteiger partial charge < -0.3 is 5.32 Å². The zero-order valence-corrected chi connectivity index (χ0v) is 13.7. The molecule has 0 spiro atoms. The highest BCUT2D eigenvalue weighted by Crippen LogP contribution is 2.21. The van der Waals surface area contributed by atoms with Crippen LogP contribution in [0.15, 0.2) is 42.6 Å². The number of imidazole rings is 1. The second kappa shape index (κ2) is 6.07. The number of fused-ring (bicyclic) bond motifs is 1. The minimum Gasteiger partial charge on any atom is -0.349 e. The molecule has 24 heavy (non-hydrogen) atoms. The molecule has 122 valence electrons. The van der Waals surface area contributed by atoms with E-state index in [1.165, 1.54) is 12.8 Å². The molecule has 5 nitrogen and oxygen atoms in total. The third kappa shape index (κ3) is 2.66. The van der Waals surface area contributed by atoms with Gasteiger partial charge in [-0.15, -0.1) is 0 Å². The van der Waals surface area contributed by atoms with Crippen molar-refractivity contribution in [2.75, 3.05) is 0 Å². The zero-order valence-electron chi connectivity index (χ0n) is 13.7. The van der Waals surface area contributed by atoms with Crippen molar-refractivity contribution < 1.29 is 4.79 Å². The van der Waals surface area contributed by atoms with Crippen LogP contribution in [0.25, 0.3) is 16.9 Å². The van der Waals surface area contributed by atoms with E-state index < -0.39 is 0 Å². The van der Waals surface area contributed by atoms with Gasteiger partial charge in [0.2, 0.25) is 0 Å². The third-order valence-electron chi connectivity index (χ3n) is 4.66. The molecular weight excluding hydrogens is 300 g/mol. The quantitative estimate of drug-likeness (QED) is 0.804. The smallest absolute Gasteiger partial charge is 0.251 e. The normalized spacial score (nSPS) is 15.0. The standard InChI is InChI=1S/C19H20N4O/c1-13-21-17-7-4-12-20-18(17)23(13)16-10-8-14(9-11-16)19(24)22-15-5-2-3-6-15/h4,7-12,15H,2-3,5-6H2,1H3,(H,22,24). The SMILES string of the molecule is Cc1nc2cccnc2n1-c1ccc(C(=O)NC2CCCC2)cc1. The molecule has 1 amide bonds. The third-order valence-corrected chi connectivity index (χ3v) is 4.66. The van der Waals surface area contributed by atoms with Gasteiger partial charge in [-0.1, -0.05) is 12.8 Å². The largest absolute Gasteiger partial charge is 0.349 e. The lowest BCUT2D eigenvalue weighted by molar-refractivity contribution is 0.0938. The molecule has 0 unspecified atom stereocenters. The van der Waals surface area contributed by atoms with Gasteiger partial charge in [0, 0.05) is 23.5 Å². The van der Waals surface area contributed by atoms with Crippen LogP contribution in [0.3, 0.4) is 0 Å². The van der Waals surface area contributed by atoms with E-state index in [0.29, 0.717) is 11.6 Å². The average molecular weight is 320 g/mol. The molecule has 0 saturated heterocycles. The van der Waals surface area contributed by atoms with Crippen LogP contribution in [0.1, 0.15) is 41.9 Å². The lowest BCUT2D eigenvalue weighted by atomic mass is 10.1. The number of amides is 1. The molecule has 5 heteroatoms. The molecule has 2 heterocycles. The molecule has 0 bridgehead atoms. The number of hydrogen-bond donors (Lipinski definition) is 1. The summed E-state index contributed by atoms with van der Waals surface area (Å²) in [7, 11) is 0. The molecule has 3 aromatic rings. The first-order valence-corrected chi connectivity index (χ1v) is 8.44. The molecule has 1 aromatic carbocycles. The molecule has 0 radical (unpaired) electrons. The molecule has 4 rings (SSSR count). The summed E-state index contributed by atoms with van der Waals surface area (Å²) in [5, 5.41) is 3.12. The van der Waals surface area contributed by atoms with Crippen LogP contribution in [0, 0.1) is 6.92 Å². The van der Waals surface area contributed by atoms with Crippen molar-refractivity contribution in [2.24, 2.45) is 0 Å². The Hall–Kier alpha value is -2.69. The van der Waals surface area contributed by atoms with E-state index in [4.69, 9.17) is 0 Å². The molecule has 1 saturated carbocycles. The van der Waals surface area contributed by atoms with Crippen molar-refractivity contribution in [3.63, 3.8) is 0 Å². The summed E-state index contributed by atoms with van der Waals surface area (Å²) in [6.45, 7) is 1.96. The second-order valence-electron chi connectivity index (χ2n) is 6.34. The monoisotopic (exact) mass is 320 g/mol. The van der Waals surface area contributed by atoms with Gasteiger partial charge in [0.1, 0.15) is 11.3 Å². The first kappa shape index (κ1) is 14.9. The Morgan fingerprint density at radius 1 is 1.17 bits per heavy atom. The highest BCUT2D eigenvalue weighted by Gasteiger charge is 2.18. The van der Waals surface area contributed by atoms with Crippen molar-refractivity contribution in [3.8, 4) is 5.69 Å². The molecule has 1 aliphatic rings. The van der Waals surface area contributed by atoms with Gasteiger partial charge in [0.05, 0.1) is 0 Å². The maximum Gasteiger partial charge on any atom is 0.251 e. The minimum atomic E-state index is 0.0128. The van der Waals surface area contributed by atoms with Crippen LogP contribution in [0.4, 0.5) is 0 Å². The van der Waals surface area contributed by atoms with E-state index in [1.54, 1.807) is 6.20 Å². The number of carbonyl (C=O) groups is 1. The molecule has 0 aliphatic heterocycles. The van der Waals surface area contributed by atoms with Crippen LogP contribution in [-0.2, 0) is 0 Å². The van der Waals surface area contributed by atoms with Crippen molar-refractivity contribution >= 4 is 17.1 Å². The summed E-state index contributed by atoms with van der Waals surface area (Å²) < 4.78 is 2.01. The fourth-order valence-electron chi connectivity index (χ4n) is 3.44. The van der Waals surface area contributed by atoms with Gasteiger partial charge in [-0.05, 0) is 56.2 Å². The number of aryl methyl sites for hydroxylation is 1. The fraction of sp³-hybridized carbons (Fsp3) is 0.316. The molecule has 1 aliphatic carbocycles. The summed E-state index contributed by atoms with van der Waals surface area (Å²) in [5.41, 5.74) is 3.36. The molecule has 1 fully saturated rings. The van der Waals surface area contributed by atoms with Crippen molar-refractivity contribution in [1.82, 2.24) is 19.9 Å². The minimum absolute atomic E-state index is 0.0128. The van der Waals surface area contributed by atoms with Crippen molar-refractivity contribution in [1.29, 1.82) is 0 Å². The van der Waals surface area contributed by atoms with Gasteiger partial charge in [0.15, 0.2) is 5.65 Å². The Balaban J connectivity index is 1.61. The van der Waals surface area contributed by atoms with E-state index >= 15 is 0 Å². The maximum absolute atomic E-state index is 12.3. The van der Waals surface area contributed by atoms with Crippen LogP contribution >= 0.6 is 0 Å². The predicted octanol–water partition coefficient (Wildman–Crippen LogP) is 3.40. The number of pyridine rings is 1. The number of hydrogen-bond acceptors (Lipinski definition) is 3. The van der Waals surface area contributed by atoms with Gasteiger partial charge in [0.25, 0.3) is 5.91 Å². The Morgan fingerprint density at radius 3 is 2.67 bits per heavy atom. The van der Waals surface area contributed by atoms with Gasteiger partial charge >= 0.3 is 0 Å². The van der Waals surface area contributed by atoms with Gasteiger partial charge in [-0.3, -0.25) is 9.36 Å². The summed E-state index contributed by atoms with van der Waals surface area (Å²) in [6, 6.07) is 11.8. The first-order chi connectivity index (χ1) is 11.7. The highest BCUT2D eigenvalue weighted by atomic mass is 16.1. The van der Waals surface area contributed by atoms with E-state index in [-0.39, 0.29) is 5.91 Å². The Bertz CT molecular complexity index is 876. The van der Waals surface area contributed by atoms with E-state index in [0.717, 1.165) is 35.5 Å². The topological polar surface area (TPSA) is 59.8 Å². The number of aromatic nitrogens is 3. The number of carbonyl (C=O) groups excluding carboxylic acids is 1. The van der Waals surface area contributed by atoms with Crippen molar-refractivity contribution in [2.45, 2.75) is 38.6 Å². The van der Waals surface area contributed by atoms with E-state index in [9.17, 15) is 4.79 Å². The lowest BCUT2D eigenvalue weighted by Gasteiger charge is -2.12. The number of benzene rings is 1. The average Bonchev–Trinajstić information content (AvgIpc) is 3.21. The Kier molecular flexibility index (Phi) is 3.76. The Labute approximate surface area is 140 Å². The number of rotatable bonds is 3. The van der Waals surface area contributed by atoms with Gasteiger partial charge in [-0.2, -0.15) is 0 Å². The second-order valence-corrected chi connectivity index (χ2v) is 6.34. The number of nitrogens with one attached hydrogen (secondary N) is 1. The molecule has 2 aromatic heterocycles. The van der Waals surface area contributed by atoms with Gasteiger partial charge in [-0.25, -0.2) is 9.97 Å². The Morgan fingerprint density at radius 2 is 1.92 bits per heavy atom. The van der Waals surface area contributed by atoms with Crippen LogP contribution in [-0.4, -0.2) is 26.5 Å². The van der Waals surface area contributed by atoms with Crippen LogP contribution < -0.4 is 5.32 Å². The first-order valence-electron chi connectivity index (χ1n) is 8.44. The zero-order chi connectivity index (χ0) is 16.5.